The van der Waals surface area contributed by atoms with Crippen molar-refractivity contribution in [3.63, 3.8) is 0 Å². The Bertz CT molecular complexity index is 1310. The third kappa shape index (κ3) is 4.86. The molecule has 1 atom stereocenters. The van der Waals surface area contributed by atoms with Gasteiger partial charge in [0, 0.05) is 28.7 Å². The largest absolute Gasteiger partial charge is 0.508 e. The lowest BCUT2D eigenvalue weighted by molar-refractivity contribution is 0.104. The van der Waals surface area contributed by atoms with E-state index in [1.165, 1.54) is 36.4 Å². The van der Waals surface area contributed by atoms with Gasteiger partial charge in [0.25, 0.3) is 0 Å². The summed E-state index contributed by atoms with van der Waals surface area (Å²) < 4.78 is 7.13. The maximum atomic E-state index is 13.4. The van der Waals surface area contributed by atoms with Crippen LogP contribution >= 0.6 is 11.3 Å². The molecule has 1 aromatic heterocycles. The number of nitrogens with zero attached hydrogens (tertiary/aromatic N) is 1. The van der Waals surface area contributed by atoms with Crippen molar-refractivity contribution in [2.45, 2.75) is 26.7 Å². The zero-order chi connectivity index (χ0) is 23.7. The van der Waals surface area contributed by atoms with E-state index in [0.717, 1.165) is 34.5 Å². The van der Waals surface area contributed by atoms with E-state index in [1.54, 1.807) is 12.1 Å². The maximum Gasteiger partial charge on any atom is 0.206 e. The van der Waals surface area contributed by atoms with Crippen molar-refractivity contribution < 1.29 is 14.6 Å². The van der Waals surface area contributed by atoms with Crippen LogP contribution in [0.3, 0.4) is 0 Å². The summed E-state index contributed by atoms with van der Waals surface area (Å²) in [6.45, 7) is 7.79. The summed E-state index contributed by atoms with van der Waals surface area (Å²) in [5, 5.41) is 10.8. The van der Waals surface area contributed by atoms with Gasteiger partial charge in [0.05, 0.1) is 0 Å². The van der Waals surface area contributed by atoms with Gasteiger partial charge in [-0.2, -0.15) is 0 Å². The second kappa shape index (κ2) is 9.61. The van der Waals surface area contributed by atoms with Gasteiger partial charge in [0.15, 0.2) is 5.75 Å². The number of ether oxygens (including phenoxy) is 1. The number of hydrogen-bond donors (Lipinski definition) is 1. The number of carbonyl (C=O) groups excluding carboxylic acids is 1. The average molecular weight is 472 g/mol. The SMILES string of the molecule is Cc1ccc(C(=O)c2sc3cc(O)ccc3c2Oc2ccc(CCN3CC[C@H](C)C3)cc2)cc1. The van der Waals surface area contributed by atoms with Crippen molar-refractivity contribution in [1.82, 2.24) is 4.90 Å². The molecule has 0 aliphatic carbocycles. The lowest BCUT2D eigenvalue weighted by Crippen LogP contribution is -2.22. The first-order valence-electron chi connectivity index (χ1n) is 11.8. The van der Waals surface area contributed by atoms with E-state index in [9.17, 15) is 9.90 Å². The fraction of sp³-hybridized carbons (Fsp3) is 0.276. The zero-order valence-electron chi connectivity index (χ0n) is 19.6. The van der Waals surface area contributed by atoms with Gasteiger partial charge in [0.2, 0.25) is 5.78 Å². The lowest BCUT2D eigenvalue weighted by atomic mass is 10.1. The van der Waals surface area contributed by atoms with Crippen molar-refractivity contribution >= 4 is 27.2 Å². The number of ketones is 1. The number of benzene rings is 3. The number of aryl methyl sites for hydroxylation is 1. The standard InChI is InChI=1S/C29H29NO3S/c1-19-3-7-22(8-4-19)27(32)29-28(25-12-9-23(31)17-26(25)34-29)33-24-10-5-21(6-11-24)14-16-30-15-13-20(2)18-30/h3-12,17,20,31H,13-16,18H2,1-2H3/t20-/m0/s1. The predicted molar refractivity (Wildman–Crippen MR) is 139 cm³/mol. The Morgan fingerprint density at radius 3 is 2.56 bits per heavy atom. The Morgan fingerprint density at radius 1 is 1.09 bits per heavy atom. The molecule has 0 bridgehead atoms. The second-order valence-corrected chi connectivity index (χ2v) is 10.4. The number of fused-ring (bicyclic) bond motifs is 1. The molecular formula is C29H29NO3S. The predicted octanol–water partition coefficient (Wildman–Crippen LogP) is 6.82. The first-order chi connectivity index (χ1) is 16.5. The molecule has 0 unspecified atom stereocenters. The number of likely N-dealkylation sites (tertiary alicyclic amines) is 1. The molecule has 1 aliphatic rings. The van der Waals surface area contributed by atoms with Crippen LogP contribution in [0.15, 0.2) is 66.7 Å². The molecule has 4 nitrogen and oxygen atoms in total. The number of aromatic hydroxyl groups is 1. The molecule has 1 saturated heterocycles. The minimum atomic E-state index is -0.0767. The van der Waals surface area contributed by atoms with Gasteiger partial charge in [-0.3, -0.25) is 4.79 Å². The van der Waals surface area contributed by atoms with E-state index >= 15 is 0 Å². The van der Waals surface area contributed by atoms with Gasteiger partial charge in [-0.25, -0.2) is 0 Å². The van der Waals surface area contributed by atoms with Gasteiger partial charge in [-0.05, 0) is 68.1 Å². The van der Waals surface area contributed by atoms with E-state index in [2.05, 4.69) is 24.0 Å². The van der Waals surface area contributed by atoms with Crippen molar-refractivity contribution in [3.05, 3.63) is 88.3 Å². The Labute approximate surface area is 204 Å². The minimum Gasteiger partial charge on any atom is -0.508 e. The lowest BCUT2D eigenvalue weighted by Gasteiger charge is -2.15. The highest BCUT2D eigenvalue weighted by atomic mass is 32.1. The molecule has 34 heavy (non-hydrogen) atoms. The number of thiophene rings is 1. The first-order valence-corrected chi connectivity index (χ1v) is 12.6. The van der Waals surface area contributed by atoms with Crippen LogP contribution in [0.2, 0.25) is 0 Å². The Hall–Kier alpha value is -3.15. The summed E-state index contributed by atoms with van der Waals surface area (Å²) in [6.07, 6.45) is 2.31. The fourth-order valence-corrected chi connectivity index (χ4v) is 5.63. The highest BCUT2D eigenvalue weighted by Gasteiger charge is 2.22. The molecule has 0 radical (unpaired) electrons. The fourth-order valence-electron chi connectivity index (χ4n) is 4.51. The van der Waals surface area contributed by atoms with E-state index in [-0.39, 0.29) is 11.5 Å². The summed E-state index contributed by atoms with van der Waals surface area (Å²) in [6, 6.07) is 20.9. The quantitative estimate of drug-likeness (QED) is 0.300. The molecule has 0 amide bonds. The Kier molecular flexibility index (Phi) is 6.40. The van der Waals surface area contributed by atoms with E-state index < -0.39 is 0 Å². The molecule has 2 heterocycles. The van der Waals surface area contributed by atoms with E-state index in [4.69, 9.17) is 4.74 Å². The van der Waals surface area contributed by atoms with Crippen LogP contribution in [0, 0.1) is 12.8 Å². The molecule has 1 fully saturated rings. The molecule has 5 rings (SSSR count). The minimum absolute atomic E-state index is 0.0767. The van der Waals surface area contributed by atoms with Crippen LogP contribution in [0.1, 0.15) is 39.7 Å². The third-order valence-electron chi connectivity index (χ3n) is 6.52. The number of rotatable bonds is 7. The van der Waals surface area contributed by atoms with Crippen molar-refractivity contribution in [1.29, 1.82) is 0 Å². The topological polar surface area (TPSA) is 49.8 Å². The smallest absolute Gasteiger partial charge is 0.206 e. The molecule has 0 saturated carbocycles. The maximum absolute atomic E-state index is 13.4. The van der Waals surface area contributed by atoms with E-state index in [0.29, 0.717) is 21.9 Å². The number of carbonyl (C=O) groups is 1. The molecule has 3 aromatic carbocycles. The molecule has 5 heteroatoms. The second-order valence-electron chi connectivity index (χ2n) is 9.33. The Morgan fingerprint density at radius 2 is 1.85 bits per heavy atom. The van der Waals surface area contributed by atoms with Gasteiger partial charge in [-0.1, -0.05) is 48.9 Å². The summed E-state index contributed by atoms with van der Waals surface area (Å²) in [4.78, 5) is 16.4. The molecular weight excluding hydrogens is 442 g/mol. The highest BCUT2D eigenvalue weighted by Crippen LogP contribution is 2.42. The molecule has 4 aromatic rings. The van der Waals surface area contributed by atoms with Crippen LogP contribution in [0.4, 0.5) is 0 Å². The zero-order valence-corrected chi connectivity index (χ0v) is 20.4. The van der Waals surface area contributed by atoms with Crippen molar-refractivity contribution in [3.8, 4) is 17.2 Å². The molecule has 0 spiro atoms. The van der Waals surface area contributed by atoms with Crippen LogP contribution in [-0.4, -0.2) is 35.4 Å². The number of phenols is 1. The Balaban J connectivity index is 1.39. The summed E-state index contributed by atoms with van der Waals surface area (Å²) >= 11 is 1.35. The van der Waals surface area contributed by atoms with E-state index in [1.807, 2.05) is 49.4 Å². The molecule has 1 N–H and O–H groups in total. The third-order valence-corrected chi connectivity index (χ3v) is 7.65. The van der Waals surface area contributed by atoms with Gasteiger partial charge in [0.1, 0.15) is 16.4 Å². The summed E-state index contributed by atoms with van der Waals surface area (Å²) in [5.74, 6) is 2.14. The van der Waals surface area contributed by atoms with Gasteiger partial charge >= 0.3 is 0 Å². The summed E-state index contributed by atoms with van der Waals surface area (Å²) in [7, 11) is 0. The number of hydrogen-bond acceptors (Lipinski definition) is 5. The highest BCUT2D eigenvalue weighted by molar-refractivity contribution is 7.21. The normalized spacial score (nSPS) is 16.2. The monoisotopic (exact) mass is 471 g/mol. The van der Waals surface area contributed by atoms with Crippen LogP contribution in [0.25, 0.3) is 10.1 Å². The molecule has 174 valence electrons. The molecule has 1 aliphatic heterocycles. The van der Waals surface area contributed by atoms with Crippen molar-refractivity contribution in [2.24, 2.45) is 5.92 Å². The van der Waals surface area contributed by atoms with Gasteiger partial charge in [-0.15, -0.1) is 11.3 Å². The number of phenolic OH excluding ortho intramolecular Hbond substituents is 1. The summed E-state index contributed by atoms with van der Waals surface area (Å²) in [5.41, 5.74) is 3.01. The van der Waals surface area contributed by atoms with Gasteiger partial charge < -0.3 is 14.7 Å². The van der Waals surface area contributed by atoms with Crippen LogP contribution < -0.4 is 4.74 Å². The first kappa shape index (κ1) is 22.6. The van der Waals surface area contributed by atoms with Crippen molar-refractivity contribution in [2.75, 3.05) is 19.6 Å². The average Bonchev–Trinajstić information content (AvgIpc) is 3.41. The van der Waals surface area contributed by atoms with Crippen LogP contribution in [-0.2, 0) is 6.42 Å². The van der Waals surface area contributed by atoms with Crippen LogP contribution in [0.5, 0.6) is 17.2 Å².